The SMILES string of the molecule is CC1=Nc2ncn(C)c2-c2c[nH]c3cccc1c23. The molecule has 1 aliphatic heterocycles. The van der Waals surface area contributed by atoms with Gasteiger partial charge in [-0.05, 0) is 13.0 Å². The molecule has 4 rings (SSSR count). The second kappa shape index (κ2) is 3.10. The zero-order chi connectivity index (χ0) is 12.3. The van der Waals surface area contributed by atoms with Crippen molar-refractivity contribution in [3.05, 3.63) is 36.3 Å². The molecule has 0 radical (unpaired) electrons. The highest BCUT2D eigenvalue weighted by Gasteiger charge is 2.21. The molecule has 4 heteroatoms. The molecule has 0 unspecified atom stereocenters. The number of aryl methyl sites for hydroxylation is 1. The first-order valence-corrected chi connectivity index (χ1v) is 5.93. The molecule has 88 valence electrons. The third-order valence-electron chi connectivity index (χ3n) is 3.54. The van der Waals surface area contributed by atoms with Crippen molar-refractivity contribution in [1.29, 1.82) is 0 Å². The van der Waals surface area contributed by atoms with Gasteiger partial charge >= 0.3 is 0 Å². The number of nitrogens with one attached hydrogen (secondary N) is 1. The Bertz CT molecular complexity index is 804. The summed E-state index contributed by atoms with van der Waals surface area (Å²) in [7, 11) is 2.00. The standard InChI is InChI=1S/C14H12N4/c1-8-9-4-3-5-11-12(9)10(6-15-11)13-14(17-8)16-7-18(13)2/h3-7,15H,1-2H3. The number of nitrogens with zero attached hydrogens (tertiary/aromatic N) is 3. The lowest BCUT2D eigenvalue weighted by molar-refractivity contribution is 0.922. The summed E-state index contributed by atoms with van der Waals surface area (Å²) in [6.45, 7) is 2.04. The molecule has 0 amide bonds. The molecule has 0 saturated heterocycles. The highest BCUT2D eigenvalue weighted by molar-refractivity contribution is 6.16. The maximum atomic E-state index is 4.64. The Morgan fingerprint density at radius 1 is 1.22 bits per heavy atom. The van der Waals surface area contributed by atoms with Crippen molar-refractivity contribution in [2.45, 2.75) is 6.92 Å². The van der Waals surface area contributed by atoms with Gasteiger partial charge in [-0.2, -0.15) is 0 Å². The van der Waals surface area contributed by atoms with Crippen LogP contribution in [0.5, 0.6) is 0 Å². The molecular weight excluding hydrogens is 224 g/mol. The number of aliphatic imine (C=N–C) groups is 1. The van der Waals surface area contributed by atoms with E-state index in [4.69, 9.17) is 0 Å². The van der Waals surface area contributed by atoms with E-state index in [1.807, 2.05) is 31.1 Å². The van der Waals surface area contributed by atoms with Gasteiger partial charge < -0.3 is 9.55 Å². The van der Waals surface area contributed by atoms with Gasteiger partial charge in [-0.25, -0.2) is 9.98 Å². The van der Waals surface area contributed by atoms with E-state index in [1.165, 1.54) is 16.5 Å². The Morgan fingerprint density at radius 2 is 2.11 bits per heavy atom. The molecule has 0 atom stereocenters. The summed E-state index contributed by atoms with van der Waals surface area (Å²) >= 11 is 0. The van der Waals surface area contributed by atoms with Crippen LogP contribution in [0.3, 0.4) is 0 Å². The highest BCUT2D eigenvalue weighted by Crippen LogP contribution is 2.38. The average molecular weight is 236 g/mol. The van der Waals surface area contributed by atoms with Crippen molar-refractivity contribution in [2.75, 3.05) is 0 Å². The number of rotatable bonds is 0. The molecule has 1 aromatic carbocycles. The van der Waals surface area contributed by atoms with Gasteiger partial charge in [0.05, 0.1) is 12.0 Å². The molecule has 3 heterocycles. The molecule has 1 N–H and O–H groups in total. The maximum Gasteiger partial charge on any atom is 0.178 e. The molecular formula is C14H12N4. The molecule has 18 heavy (non-hydrogen) atoms. The number of fused-ring (bicyclic) bond motifs is 2. The Hall–Kier alpha value is -2.36. The number of imidazole rings is 1. The van der Waals surface area contributed by atoms with Crippen LogP contribution in [0.2, 0.25) is 0 Å². The third kappa shape index (κ3) is 1.05. The van der Waals surface area contributed by atoms with E-state index in [2.05, 4.69) is 33.2 Å². The summed E-state index contributed by atoms with van der Waals surface area (Å²) < 4.78 is 2.02. The van der Waals surface area contributed by atoms with Crippen molar-refractivity contribution in [3.8, 4) is 11.3 Å². The van der Waals surface area contributed by atoms with Crippen LogP contribution < -0.4 is 0 Å². The first-order chi connectivity index (χ1) is 8.75. The normalized spacial score (nSPS) is 13.3. The largest absolute Gasteiger partial charge is 0.360 e. The third-order valence-corrected chi connectivity index (χ3v) is 3.54. The molecule has 4 nitrogen and oxygen atoms in total. The fourth-order valence-corrected chi connectivity index (χ4v) is 2.70. The van der Waals surface area contributed by atoms with Crippen molar-refractivity contribution in [2.24, 2.45) is 12.0 Å². The van der Waals surface area contributed by atoms with Crippen molar-refractivity contribution in [3.63, 3.8) is 0 Å². The second-order valence-corrected chi connectivity index (χ2v) is 4.66. The maximum absolute atomic E-state index is 4.64. The van der Waals surface area contributed by atoms with E-state index >= 15 is 0 Å². The number of H-pyrrole nitrogens is 1. The predicted octanol–water partition coefficient (Wildman–Crippen LogP) is 3.02. The van der Waals surface area contributed by atoms with Gasteiger partial charge in [-0.3, -0.25) is 0 Å². The van der Waals surface area contributed by atoms with Gasteiger partial charge in [-0.1, -0.05) is 12.1 Å². The quantitative estimate of drug-likeness (QED) is 0.640. The molecule has 3 aromatic rings. The molecule has 0 bridgehead atoms. The fraction of sp³-hybridized carbons (Fsp3) is 0.143. The van der Waals surface area contributed by atoms with Crippen LogP contribution in [-0.4, -0.2) is 20.2 Å². The van der Waals surface area contributed by atoms with Crippen LogP contribution >= 0.6 is 0 Å². The minimum atomic E-state index is 0.798. The fourth-order valence-electron chi connectivity index (χ4n) is 2.70. The lowest BCUT2D eigenvalue weighted by Gasteiger charge is -2.02. The van der Waals surface area contributed by atoms with Crippen LogP contribution in [0.25, 0.3) is 22.2 Å². The summed E-state index contributed by atoms with van der Waals surface area (Å²) in [4.78, 5) is 12.4. The molecule has 0 spiro atoms. The zero-order valence-electron chi connectivity index (χ0n) is 10.2. The summed E-state index contributed by atoms with van der Waals surface area (Å²) in [6, 6.07) is 6.27. The Kier molecular flexibility index (Phi) is 1.66. The van der Waals surface area contributed by atoms with E-state index in [-0.39, 0.29) is 0 Å². The smallest absolute Gasteiger partial charge is 0.178 e. The van der Waals surface area contributed by atoms with Crippen LogP contribution in [0.15, 0.2) is 35.7 Å². The molecule has 2 aromatic heterocycles. The lowest BCUT2D eigenvalue weighted by Crippen LogP contribution is -1.93. The Labute approximate surface area is 104 Å². The number of aromatic amines is 1. The van der Waals surface area contributed by atoms with E-state index < -0.39 is 0 Å². The topological polar surface area (TPSA) is 46.0 Å². The molecule has 0 saturated carbocycles. The highest BCUT2D eigenvalue weighted by atomic mass is 15.1. The summed E-state index contributed by atoms with van der Waals surface area (Å²) in [5.41, 5.74) is 5.59. The monoisotopic (exact) mass is 236 g/mol. The van der Waals surface area contributed by atoms with Gasteiger partial charge in [0.15, 0.2) is 5.82 Å². The molecule has 0 aliphatic carbocycles. The number of hydrogen-bond donors (Lipinski definition) is 1. The number of hydrogen-bond acceptors (Lipinski definition) is 2. The van der Waals surface area contributed by atoms with Gasteiger partial charge in [0.2, 0.25) is 0 Å². The Morgan fingerprint density at radius 3 is 3.00 bits per heavy atom. The van der Waals surface area contributed by atoms with Crippen molar-refractivity contribution in [1.82, 2.24) is 14.5 Å². The average Bonchev–Trinajstić information content (AvgIpc) is 2.89. The van der Waals surface area contributed by atoms with Crippen LogP contribution in [0.4, 0.5) is 5.82 Å². The first-order valence-electron chi connectivity index (χ1n) is 5.93. The summed E-state index contributed by atoms with van der Waals surface area (Å²) in [6.07, 6.45) is 3.86. The van der Waals surface area contributed by atoms with Gasteiger partial charge in [0.1, 0.15) is 0 Å². The van der Waals surface area contributed by atoms with E-state index in [0.717, 1.165) is 22.7 Å². The number of aromatic nitrogens is 3. The van der Waals surface area contributed by atoms with Crippen LogP contribution in [0, 0.1) is 0 Å². The van der Waals surface area contributed by atoms with Gasteiger partial charge in [0.25, 0.3) is 0 Å². The van der Waals surface area contributed by atoms with Crippen molar-refractivity contribution < 1.29 is 0 Å². The van der Waals surface area contributed by atoms with Crippen LogP contribution in [0.1, 0.15) is 12.5 Å². The summed E-state index contributed by atoms with van der Waals surface area (Å²) in [5.74, 6) is 0.798. The first kappa shape index (κ1) is 9.65. The predicted molar refractivity (Wildman–Crippen MR) is 72.4 cm³/mol. The number of benzene rings is 1. The minimum absolute atomic E-state index is 0.798. The molecule has 0 fully saturated rings. The van der Waals surface area contributed by atoms with E-state index in [9.17, 15) is 0 Å². The minimum Gasteiger partial charge on any atom is -0.360 e. The van der Waals surface area contributed by atoms with Gasteiger partial charge in [-0.15, -0.1) is 0 Å². The zero-order valence-corrected chi connectivity index (χ0v) is 10.2. The second-order valence-electron chi connectivity index (χ2n) is 4.66. The lowest BCUT2D eigenvalue weighted by atomic mass is 10.0. The molecule has 1 aliphatic rings. The summed E-state index contributed by atoms with van der Waals surface area (Å²) in [5, 5.41) is 1.24. The van der Waals surface area contributed by atoms with E-state index in [0.29, 0.717) is 0 Å². The van der Waals surface area contributed by atoms with Crippen molar-refractivity contribution >= 4 is 22.4 Å². The van der Waals surface area contributed by atoms with Crippen LogP contribution in [-0.2, 0) is 7.05 Å². The Balaban J connectivity index is 2.27. The van der Waals surface area contributed by atoms with E-state index in [1.54, 1.807) is 0 Å². The van der Waals surface area contributed by atoms with Gasteiger partial charge in [0, 0.05) is 41.0 Å².